The number of carbonyl (C=O) groups excluding carboxylic acids is 2. The van der Waals surface area contributed by atoms with Crippen molar-refractivity contribution in [1.29, 1.82) is 0 Å². The highest BCUT2D eigenvalue weighted by atomic mass is 16.6. The zero-order valence-electron chi connectivity index (χ0n) is 22.9. The number of esters is 1. The number of nitrogens with zero attached hydrogens (tertiary/aromatic N) is 2. The van der Waals surface area contributed by atoms with E-state index in [-0.39, 0.29) is 24.3 Å². The maximum Gasteiger partial charge on any atom is 0.410 e. The summed E-state index contributed by atoms with van der Waals surface area (Å²) in [6.45, 7) is 8.71. The standard InChI is InChI=1S/C29H43N3O5/c1-20-9-11-25(33)19-27(34)37-28(22(3)17-23-7-6-8-24(18-23)31(4)5)21(2)10-12-26(20)36-29(35)32-15-13-30-14-16-32/h6-8,10,12,17-18,20-21,25-26,28,30,33H,9,11,13-16,19H2,1-5H3/b12-10+,22-17+/t20-,21-,25+,26+,28-/m0/s1. The Morgan fingerprint density at radius 1 is 1.19 bits per heavy atom. The van der Waals surface area contributed by atoms with E-state index in [0.29, 0.717) is 25.9 Å². The van der Waals surface area contributed by atoms with Gasteiger partial charge in [0.15, 0.2) is 0 Å². The topological polar surface area (TPSA) is 91.3 Å². The second kappa shape index (κ2) is 13.6. The lowest BCUT2D eigenvalue weighted by Crippen LogP contribution is -2.47. The third-order valence-electron chi connectivity index (χ3n) is 7.10. The van der Waals surface area contributed by atoms with Crippen molar-refractivity contribution >= 4 is 23.8 Å². The van der Waals surface area contributed by atoms with E-state index in [1.165, 1.54) is 0 Å². The number of aliphatic hydroxyl groups excluding tert-OH is 1. The third-order valence-corrected chi connectivity index (χ3v) is 7.10. The minimum atomic E-state index is -0.806. The highest BCUT2D eigenvalue weighted by Crippen LogP contribution is 2.26. The number of aliphatic hydroxyl groups is 1. The summed E-state index contributed by atoms with van der Waals surface area (Å²) >= 11 is 0. The van der Waals surface area contributed by atoms with Crippen molar-refractivity contribution in [2.24, 2.45) is 11.8 Å². The van der Waals surface area contributed by atoms with Crippen LogP contribution in [0.4, 0.5) is 10.5 Å². The van der Waals surface area contributed by atoms with Gasteiger partial charge in [0, 0.05) is 51.9 Å². The van der Waals surface area contributed by atoms with Crippen molar-refractivity contribution < 1.29 is 24.2 Å². The highest BCUT2D eigenvalue weighted by molar-refractivity contribution is 5.71. The summed E-state index contributed by atoms with van der Waals surface area (Å²) in [4.78, 5) is 29.3. The van der Waals surface area contributed by atoms with Crippen LogP contribution in [0.5, 0.6) is 0 Å². The smallest absolute Gasteiger partial charge is 0.410 e. The molecule has 0 radical (unpaired) electrons. The van der Waals surface area contributed by atoms with Crippen LogP contribution in [0.15, 0.2) is 42.0 Å². The largest absolute Gasteiger partial charge is 0.457 e. The van der Waals surface area contributed by atoms with Crippen molar-refractivity contribution in [3.05, 3.63) is 47.6 Å². The molecule has 1 saturated heterocycles. The van der Waals surface area contributed by atoms with Gasteiger partial charge in [-0.1, -0.05) is 38.1 Å². The number of hydrogen-bond donors (Lipinski definition) is 2. The molecule has 2 N–H and O–H groups in total. The molecule has 0 aliphatic carbocycles. The Bertz CT molecular complexity index is 970. The molecule has 8 nitrogen and oxygen atoms in total. The predicted octanol–water partition coefficient (Wildman–Crippen LogP) is 3.85. The summed E-state index contributed by atoms with van der Waals surface area (Å²) in [5.41, 5.74) is 2.99. The van der Waals surface area contributed by atoms with Crippen LogP contribution in [0.2, 0.25) is 0 Å². The molecule has 204 valence electrons. The summed E-state index contributed by atoms with van der Waals surface area (Å²) in [6, 6.07) is 8.14. The van der Waals surface area contributed by atoms with Crippen molar-refractivity contribution in [2.75, 3.05) is 45.2 Å². The number of benzene rings is 1. The van der Waals surface area contributed by atoms with Gasteiger partial charge in [-0.25, -0.2) is 4.79 Å². The van der Waals surface area contributed by atoms with E-state index in [1.807, 2.05) is 76.2 Å². The fourth-order valence-corrected chi connectivity index (χ4v) is 4.73. The van der Waals surface area contributed by atoms with Crippen LogP contribution >= 0.6 is 0 Å². The number of ether oxygens (including phenoxy) is 2. The Morgan fingerprint density at radius 3 is 2.62 bits per heavy atom. The first-order valence-corrected chi connectivity index (χ1v) is 13.3. The van der Waals surface area contributed by atoms with E-state index in [0.717, 1.165) is 29.9 Å². The van der Waals surface area contributed by atoms with Crippen LogP contribution in [0.1, 0.15) is 45.6 Å². The lowest BCUT2D eigenvalue weighted by Gasteiger charge is -2.31. The van der Waals surface area contributed by atoms with Crippen molar-refractivity contribution in [3.63, 3.8) is 0 Å². The Hall–Kier alpha value is -2.84. The molecule has 2 aliphatic heterocycles. The summed E-state index contributed by atoms with van der Waals surface area (Å²) in [6.07, 6.45) is 4.85. The molecular weight excluding hydrogens is 470 g/mol. The van der Waals surface area contributed by atoms with E-state index in [4.69, 9.17) is 9.47 Å². The average Bonchev–Trinajstić information content (AvgIpc) is 2.87. The van der Waals surface area contributed by atoms with E-state index < -0.39 is 24.3 Å². The van der Waals surface area contributed by atoms with Crippen molar-refractivity contribution in [2.45, 2.75) is 58.3 Å². The number of rotatable bonds is 4. The summed E-state index contributed by atoms with van der Waals surface area (Å²) in [7, 11) is 3.99. The molecule has 0 saturated carbocycles. The van der Waals surface area contributed by atoms with Crippen LogP contribution < -0.4 is 10.2 Å². The SMILES string of the molecule is C/C(=C\c1cccc(N(C)C)c1)[C@H]1OC(=O)C[C@H](O)CC[C@H](C)[C@H](OC(=O)N2CCNCC2)/C=C/[C@@H]1C. The maximum absolute atomic E-state index is 12.8. The molecule has 1 amide bonds. The molecule has 8 heteroatoms. The van der Waals surface area contributed by atoms with E-state index in [9.17, 15) is 14.7 Å². The molecule has 37 heavy (non-hydrogen) atoms. The number of nitrogens with one attached hydrogen (secondary N) is 1. The van der Waals surface area contributed by atoms with Crippen molar-refractivity contribution in [1.82, 2.24) is 10.2 Å². The Kier molecular flexibility index (Phi) is 10.6. The van der Waals surface area contributed by atoms with Gasteiger partial charge in [-0.05, 0) is 55.0 Å². The summed E-state index contributed by atoms with van der Waals surface area (Å²) < 4.78 is 11.8. The van der Waals surface area contributed by atoms with Gasteiger partial charge in [-0.2, -0.15) is 0 Å². The lowest BCUT2D eigenvalue weighted by molar-refractivity contribution is -0.151. The summed E-state index contributed by atoms with van der Waals surface area (Å²) in [5, 5.41) is 13.7. The highest BCUT2D eigenvalue weighted by Gasteiger charge is 2.28. The van der Waals surface area contributed by atoms with Gasteiger partial charge in [-0.3, -0.25) is 4.79 Å². The third kappa shape index (κ3) is 8.61. The van der Waals surface area contributed by atoms with Gasteiger partial charge in [0.1, 0.15) is 12.2 Å². The number of piperazine rings is 1. The minimum Gasteiger partial charge on any atom is -0.457 e. The first-order chi connectivity index (χ1) is 17.6. The molecule has 1 aromatic rings. The summed E-state index contributed by atoms with van der Waals surface area (Å²) in [5.74, 6) is -0.590. The normalized spacial score (nSPS) is 28.9. The van der Waals surface area contributed by atoms with Gasteiger partial charge >= 0.3 is 12.1 Å². The lowest BCUT2D eigenvalue weighted by atomic mass is 9.91. The quantitative estimate of drug-likeness (QED) is 0.467. The van der Waals surface area contributed by atoms with Gasteiger partial charge in [0.2, 0.25) is 0 Å². The van der Waals surface area contributed by atoms with Crippen LogP contribution in [0.3, 0.4) is 0 Å². The minimum absolute atomic E-state index is 0.00993. The predicted molar refractivity (Wildman–Crippen MR) is 146 cm³/mol. The fourth-order valence-electron chi connectivity index (χ4n) is 4.73. The van der Waals surface area contributed by atoms with E-state index >= 15 is 0 Å². The molecule has 0 unspecified atom stereocenters. The second-order valence-corrected chi connectivity index (χ2v) is 10.5. The van der Waals surface area contributed by atoms with Gasteiger partial charge < -0.3 is 29.7 Å². The molecule has 2 heterocycles. The van der Waals surface area contributed by atoms with E-state index in [2.05, 4.69) is 11.4 Å². The number of amides is 1. The average molecular weight is 514 g/mol. The Labute approximate surface area is 221 Å². The van der Waals surface area contributed by atoms with Crippen LogP contribution in [0, 0.1) is 11.8 Å². The Morgan fingerprint density at radius 2 is 1.92 bits per heavy atom. The molecule has 0 spiro atoms. The number of carbonyl (C=O) groups is 2. The fraction of sp³-hybridized carbons (Fsp3) is 0.586. The van der Waals surface area contributed by atoms with Gasteiger partial charge in [-0.15, -0.1) is 0 Å². The zero-order chi connectivity index (χ0) is 26.9. The molecule has 5 atom stereocenters. The molecule has 3 rings (SSSR count). The van der Waals surface area contributed by atoms with Crippen LogP contribution in [0.25, 0.3) is 6.08 Å². The Balaban J connectivity index is 1.85. The number of cyclic esters (lactones) is 1. The zero-order valence-corrected chi connectivity index (χ0v) is 22.9. The number of anilines is 1. The molecular formula is C29H43N3O5. The van der Waals surface area contributed by atoms with Crippen molar-refractivity contribution in [3.8, 4) is 0 Å². The van der Waals surface area contributed by atoms with Gasteiger partial charge in [0.25, 0.3) is 0 Å². The molecule has 1 aromatic carbocycles. The first-order valence-electron chi connectivity index (χ1n) is 13.3. The molecule has 2 aliphatic rings. The molecule has 0 bridgehead atoms. The number of hydrogen-bond acceptors (Lipinski definition) is 7. The van der Waals surface area contributed by atoms with Crippen LogP contribution in [-0.4, -0.2) is 80.7 Å². The van der Waals surface area contributed by atoms with Gasteiger partial charge in [0.05, 0.1) is 12.5 Å². The molecule has 1 fully saturated rings. The second-order valence-electron chi connectivity index (χ2n) is 10.5. The monoisotopic (exact) mass is 513 g/mol. The van der Waals surface area contributed by atoms with E-state index in [1.54, 1.807) is 4.90 Å². The molecule has 0 aromatic heterocycles. The maximum atomic E-state index is 12.8. The van der Waals surface area contributed by atoms with Crippen LogP contribution in [-0.2, 0) is 14.3 Å². The first kappa shape index (κ1) is 28.7.